The molecule has 7 atom stereocenters. The van der Waals surface area contributed by atoms with E-state index in [1.54, 1.807) is 0 Å². The minimum Gasteiger partial charge on any atom is -0.465 e. The van der Waals surface area contributed by atoms with Crippen LogP contribution in [0.3, 0.4) is 0 Å². The van der Waals surface area contributed by atoms with Gasteiger partial charge in [0.25, 0.3) is 0 Å². The molecule has 1 unspecified atom stereocenters. The minimum absolute atomic E-state index is 0. The van der Waals surface area contributed by atoms with Crippen LogP contribution in [-0.2, 0) is 14.2 Å². The first kappa shape index (κ1) is 37.8. The van der Waals surface area contributed by atoms with Gasteiger partial charge < -0.3 is 29.2 Å². The topological polar surface area (TPSA) is 77.4 Å². The first-order valence-corrected chi connectivity index (χ1v) is 15.7. The predicted molar refractivity (Wildman–Crippen MR) is 190 cm³/mol. The van der Waals surface area contributed by atoms with Crippen molar-refractivity contribution in [3.63, 3.8) is 0 Å². The number of ether oxygens (including phenoxy) is 4. The smallest absolute Gasteiger partial charge is 0.199 e. The average Bonchev–Trinajstić information content (AvgIpc) is 3.50. The van der Waals surface area contributed by atoms with E-state index in [0.717, 1.165) is 82.1 Å². The van der Waals surface area contributed by atoms with E-state index in [1.165, 1.54) is 16.7 Å². The summed E-state index contributed by atoms with van der Waals surface area (Å²) < 4.78 is 24.1. The maximum Gasteiger partial charge on any atom is 0.199 e. The van der Waals surface area contributed by atoms with E-state index in [-0.39, 0.29) is 65.5 Å². The fourth-order valence-electron chi connectivity index (χ4n) is 9.75. The van der Waals surface area contributed by atoms with Gasteiger partial charge in [0.2, 0.25) is 0 Å². The Morgan fingerprint density at radius 3 is 2.27 bits per heavy atom. The third-order valence-corrected chi connectivity index (χ3v) is 11.8. The molecule has 6 aliphatic rings. The standard InChI is InChI=1S/C34H46O6.CH4.3H2S/c1-22(2)34(36)16-13-27-25-11-14-32(35)21-33(38-18-19-39-33)15-12-28(32)30(25)26(20-31(27,34)3)23-7-9-24(10-8-23)40-29-6-4-5-17-37-29;;;;/h7-10,25-27,29,35-36H,1,4-6,11-21H2,2-3H3;1H4;3*1H2/t25-,26+,27-,29?,31-,32+,34+;;;;/m0..../s1. The summed E-state index contributed by atoms with van der Waals surface area (Å²) in [6, 6.07) is 8.56. The zero-order valence-corrected chi connectivity index (χ0v) is 28.8. The fraction of sp³-hybridized carbons (Fsp3) is 0.714. The molecule has 1 aromatic carbocycles. The second kappa shape index (κ2) is 13.8. The van der Waals surface area contributed by atoms with Crippen molar-refractivity contribution in [1.29, 1.82) is 0 Å². The van der Waals surface area contributed by atoms with Gasteiger partial charge in [-0.25, -0.2) is 0 Å². The van der Waals surface area contributed by atoms with Crippen LogP contribution in [0, 0.1) is 17.3 Å². The van der Waals surface area contributed by atoms with Gasteiger partial charge in [-0.2, -0.15) is 40.5 Å². The number of aliphatic hydroxyl groups is 2. The molecule has 0 aromatic heterocycles. The Kier molecular flexibility index (Phi) is 11.9. The molecule has 6 nitrogen and oxygen atoms in total. The van der Waals surface area contributed by atoms with Gasteiger partial charge in [-0.15, -0.1) is 0 Å². The van der Waals surface area contributed by atoms with Gasteiger partial charge in [-0.05, 0) is 99.0 Å². The monoisotopic (exact) mass is 668 g/mol. The highest BCUT2D eigenvalue weighted by Crippen LogP contribution is 2.69. The van der Waals surface area contributed by atoms with Crippen LogP contribution in [-0.4, -0.2) is 53.3 Å². The van der Waals surface area contributed by atoms with E-state index in [1.807, 2.05) is 6.92 Å². The van der Waals surface area contributed by atoms with Crippen LogP contribution in [0.4, 0.5) is 0 Å². The molecule has 0 bridgehead atoms. The number of benzene rings is 1. The molecule has 9 heteroatoms. The molecule has 4 aliphatic carbocycles. The van der Waals surface area contributed by atoms with Gasteiger partial charge in [0, 0.05) is 30.6 Å². The summed E-state index contributed by atoms with van der Waals surface area (Å²) in [7, 11) is 0. The molecule has 3 saturated carbocycles. The van der Waals surface area contributed by atoms with Crippen LogP contribution in [0.25, 0.3) is 0 Å². The molecule has 250 valence electrons. The number of hydrogen-bond donors (Lipinski definition) is 2. The Labute approximate surface area is 285 Å². The number of allylic oxidation sites excluding steroid dienone is 1. The molecular formula is C35H56O6S3. The molecule has 7 rings (SSSR count). The summed E-state index contributed by atoms with van der Waals surface area (Å²) in [5.41, 5.74) is 2.73. The molecule has 2 N–H and O–H groups in total. The highest BCUT2D eigenvalue weighted by Gasteiger charge is 2.65. The average molecular weight is 669 g/mol. The van der Waals surface area contributed by atoms with Gasteiger partial charge in [0.1, 0.15) is 5.75 Å². The lowest BCUT2D eigenvalue weighted by Crippen LogP contribution is -2.55. The van der Waals surface area contributed by atoms with Crippen LogP contribution in [0.5, 0.6) is 5.75 Å². The third-order valence-electron chi connectivity index (χ3n) is 11.8. The van der Waals surface area contributed by atoms with Crippen LogP contribution < -0.4 is 4.74 Å². The van der Waals surface area contributed by atoms with Crippen LogP contribution in [0.1, 0.15) is 103 Å². The molecule has 44 heavy (non-hydrogen) atoms. The summed E-state index contributed by atoms with van der Waals surface area (Å²) >= 11 is 0. The van der Waals surface area contributed by atoms with Crippen molar-refractivity contribution >= 4 is 40.5 Å². The molecule has 1 aromatic rings. The van der Waals surface area contributed by atoms with Gasteiger partial charge in [0.15, 0.2) is 12.1 Å². The van der Waals surface area contributed by atoms with Crippen LogP contribution >= 0.6 is 40.5 Å². The maximum atomic E-state index is 12.2. The Bertz CT molecular complexity index is 1190. The molecule has 2 saturated heterocycles. The quantitative estimate of drug-likeness (QED) is 0.332. The van der Waals surface area contributed by atoms with E-state index in [0.29, 0.717) is 31.5 Å². The minimum atomic E-state index is -0.898. The van der Waals surface area contributed by atoms with E-state index >= 15 is 0 Å². The normalized spacial score (nSPS) is 38.5. The summed E-state index contributed by atoms with van der Waals surface area (Å²) in [5, 5.41) is 24.3. The lowest BCUT2D eigenvalue weighted by molar-refractivity contribution is -0.208. The Morgan fingerprint density at radius 1 is 0.932 bits per heavy atom. The van der Waals surface area contributed by atoms with E-state index in [2.05, 4.69) is 37.8 Å². The first-order chi connectivity index (χ1) is 19.2. The number of rotatable bonds is 4. The number of fused-ring (bicyclic) bond motifs is 4. The summed E-state index contributed by atoms with van der Waals surface area (Å²) in [5.74, 6) is 1.03. The van der Waals surface area contributed by atoms with Crippen LogP contribution in [0.15, 0.2) is 47.6 Å². The van der Waals surface area contributed by atoms with Crippen molar-refractivity contribution in [2.45, 2.75) is 121 Å². The largest absolute Gasteiger partial charge is 0.465 e. The predicted octanol–water partition coefficient (Wildman–Crippen LogP) is 7.14. The van der Waals surface area contributed by atoms with Crippen molar-refractivity contribution in [2.24, 2.45) is 17.3 Å². The molecular weight excluding hydrogens is 613 g/mol. The molecule has 0 amide bonds. The zero-order chi connectivity index (χ0) is 27.8. The molecule has 5 fully saturated rings. The van der Waals surface area contributed by atoms with Gasteiger partial charge in [0.05, 0.1) is 31.0 Å². The lowest BCUT2D eigenvalue weighted by Gasteiger charge is -2.58. The van der Waals surface area contributed by atoms with Crippen molar-refractivity contribution in [1.82, 2.24) is 0 Å². The second-order valence-corrected chi connectivity index (χ2v) is 13.8. The van der Waals surface area contributed by atoms with E-state index in [4.69, 9.17) is 18.9 Å². The lowest BCUT2D eigenvalue weighted by atomic mass is 9.49. The molecule has 0 radical (unpaired) electrons. The highest BCUT2D eigenvalue weighted by atomic mass is 32.1. The first-order valence-electron chi connectivity index (χ1n) is 15.7. The summed E-state index contributed by atoms with van der Waals surface area (Å²) in [6.45, 7) is 10.5. The van der Waals surface area contributed by atoms with E-state index in [9.17, 15) is 10.2 Å². The molecule has 2 aliphatic heterocycles. The second-order valence-electron chi connectivity index (χ2n) is 13.8. The number of hydrogen-bond acceptors (Lipinski definition) is 6. The van der Waals surface area contributed by atoms with Gasteiger partial charge in [-0.1, -0.05) is 38.6 Å². The SMILES string of the molecule is C.C=C(C)[C@]1(O)CC[C@H]2[C@@H]3CC[C@@]4(O)CC5(CCC4=C3[C@@H](c3ccc(OC4CCCCO4)cc3)C[C@@]21C)OCCO5.S.S.S. The van der Waals surface area contributed by atoms with E-state index < -0.39 is 17.0 Å². The van der Waals surface area contributed by atoms with Gasteiger partial charge in [-0.3, -0.25) is 0 Å². The maximum absolute atomic E-state index is 12.2. The van der Waals surface area contributed by atoms with Gasteiger partial charge >= 0.3 is 0 Å². The molecule has 2 heterocycles. The van der Waals surface area contributed by atoms with Crippen molar-refractivity contribution in [3.8, 4) is 5.75 Å². The van der Waals surface area contributed by atoms with Crippen molar-refractivity contribution in [2.75, 3.05) is 19.8 Å². The zero-order valence-electron chi connectivity index (χ0n) is 25.8. The molecule has 1 spiro atoms. The van der Waals surface area contributed by atoms with Crippen molar-refractivity contribution in [3.05, 3.63) is 53.1 Å². The van der Waals surface area contributed by atoms with Crippen molar-refractivity contribution < 1.29 is 29.2 Å². The Balaban J connectivity index is 0.00000132. The Hall–Kier alpha value is -0.650. The summed E-state index contributed by atoms with van der Waals surface area (Å²) in [4.78, 5) is 0. The summed E-state index contributed by atoms with van der Waals surface area (Å²) in [6.07, 6.45) is 9.35. The van der Waals surface area contributed by atoms with Crippen LogP contribution in [0.2, 0.25) is 0 Å². The highest BCUT2D eigenvalue weighted by molar-refractivity contribution is 7.59. The third kappa shape index (κ3) is 5.95. The fourth-order valence-corrected chi connectivity index (χ4v) is 9.75. The Morgan fingerprint density at radius 2 is 1.64 bits per heavy atom.